The zero-order chi connectivity index (χ0) is 35.6. The average Bonchev–Trinajstić information content (AvgIpc) is 3.63. The van der Waals surface area contributed by atoms with Crippen LogP contribution in [0.3, 0.4) is 0 Å². The monoisotopic (exact) mass is 687 g/mol. The molecule has 0 saturated heterocycles. The molecule has 10 aromatic carbocycles. The van der Waals surface area contributed by atoms with E-state index in [1.807, 2.05) is 6.07 Å². The van der Waals surface area contributed by atoms with Crippen LogP contribution in [-0.2, 0) is 0 Å². The van der Waals surface area contributed by atoms with E-state index >= 15 is 0 Å². The Morgan fingerprint density at radius 1 is 0.315 bits per heavy atom. The van der Waals surface area contributed by atoms with Crippen LogP contribution >= 0.6 is 0 Å². The van der Waals surface area contributed by atoms with E-state index in [1.54, 1.807) is 0 Å². The third-order valence-corrected chi connectivity index (χ3v) is 11.0. The minimum absolute atomic E-state index is 0.874. The van der Waals surface area contributed by atoms with E-state index in [0.717, 1.165) is 50.0 Å². The summed E-state index contributed by atoms with van der Waals surface area (Å²) >= 11 is 0. The molecular formula is C52H33NO. The van der Waals surface area contributed by atoms with Crippen molar-refractivity contribution in [2.45, 2.75) is 0 Å². The standard InChI is InChI=1S/C52H33NO/c1-2-14-34(15-3-1)39-17-10-12-24-47(39)53(48-33-50-52(44-22-9-7-20-42(44)48)45-23-11-13-25-49(45)54-50)38-30-28-36(29-31-38)46-32-37-27-26-35-16-4-5-18-40(35)51(37)43-21-8-6-19-41(43)46/h1-33H. The van der Waals surface area contributed by atoms with Crippen LogP contribution < -0.4 is 4.90 Å². The molecule has 0 unspecified atom stereocenters. The summed E-state index contributed by atoms with van der Waals surface area (Å²) in [6.45, 7) is 0. The number of hydrogen-bond donors (Lipinski definition) is 0. The summed E-state index contributed by atoms with van der Waals surface area (Å²) in [6.07, 6.45) is 0. The normalized spacial score (nSPS) is 11.7. The van der Waals surface area contributed by atoms with Crippen molar-refractivity contribution in [1.82, 2.24) is 0 Å². The average molecular weight is 688 g/mol. The molecule has 252 valence electrons. The van der Waals surface area contributed by atoms with E-state index in [2.05, 4.69) is 199 Å². The van der Waals surface area contributed by atoms with Gasteiger partial charge in [-0.05, 0) is 84.7 Å². The van der Waals surface area contributed by atoms with Crippen molar-refractivity contribution in [2.75, 3.05) is 4.90 Å². The largest absolute Gasteiger partial charge is 0.456 e. The molecule has 0 radical (unpaired) electrons. The second kappa shape index (κ2) is 12.2. The molecule has 1 aromatic heterocycles. The predicted molar refractivity (Wildman–Crippen MR) is 229 cm³/mol. The Hall–Kier alpha value is -7.16. The van der Waals surface area contributed by atoms with E-state index in [-0.39, 0.29) is 0 Å². The smallest absolute Gasteiger partial charge is 0.138 e. The molecule has 0 aliphatic heterocycles. The molecule has 0 aliphatic rings. The van der Waals surface area contributed by atoms with Crippen LogP contribution in [-0.4, -0.2) is 0 Å². The van der Waals surface area contributed by atoms with Gasteiger partial charge in [-0.2, -0.15) is 0 Å². The molecule has 2 heteroatoms. The maximum absolute atomic E-state index is 6.59. The lowest BCUT2D eigenvalue weighted by Gasteiger charge is -2.29. The molecule has 0 saturated carbocycles. The highest BCUT2D eigenvalue weighted by Gasteiger charge is 2.22. The van der Waals surface area contributed by atoms with Gasteiger partial charge in [0.25, 0.3) is 0 Å². The molecule has 0 spiro atoms. The van der Waals surface area contributed by atoms with E-state index in [4.69, 9.17) is 4.42 Å². The maximum Gasteiger partial charge on any atom is 0.138 e. The topological polar surface area (TPSA) is 16.4 Å². The lowest BCUT2D eigenvalue weighted by molar-refractivity contribution is 0.669. The molecule has 1 heterocycles. The van der Waals surface area contributed by atoms with Crippen LogP contribution in [0.2, 0.25) is 0 Å². The highest BCUT2D eigenvalue weighted by molar-refractivity contribution is 6.24. The number of hydrogen-bond acceptors (Lipinski definition) is 2. The van der Waals surface area contributed by atoms with Crippen LogP contribution in [0.1, 0.15) is 0 Å². The molecule has 0 atom stereocenters. The van der Waals surface area contributed by atoms with Crippen LogP contribution in [0.15, 0.2) is 205 Å². The fraction of sp³-hybridized carbons (Fsp3) is 0. The summed E-state index contributed by atoms with van der Waals surface area (Å²) in [4.78, 5) is 2.41. The van der Waals surface area contributed by atoms with Crippen molar-refractivity contribution >= 4 is 82.1 Å². The number of furan rings is 1. The zero-order valence-corrected chi connectivity index (χ0v) is 29.4. The number of para-hydroxylation sites is 2. The van der Waals surface area contributed by atoms with Gasteiger partial charge in [0.05, 0.1) is 11.4 Å². The first-order valence-corrected chi connectivity index (χ1v) is 18.5. The molecular weight excluding hydrogens is 655 g/mol. The number of fused-ring (bicyclic) bond motifs is 10. The summed E-state index contributed by atoms with van der Waals surface area (Å²) in [5, 5.41) is 12.2. The summed E-state index contributed by atoms with van der Waals surface area (Å²) in [5.41, 5.74) is 9.73. The minimum atomic E-state index is 0.874. The van der Waals surface area contributed by atoms with Crippen LogP contribution in [0, 0.1) is 0 Å². The van der Waals surface area contributed by atoms with Gasteiger partial charge in [-0.3, -0.25) is 0 Å². The second-order valence-electron chi connectivity index (χ2n) is 14.0. The fourth-order valence-electron chi connectivity index (χ4n) is 8.60. The lowest BCUT2D eigenvalue weighted by Crippen LogP contribution is -2.12. The van der Waals surface area contributed by atoms with Crippen molar-refractivity contribution in [1.29, 1.82) is 0 Å². The van der Waals surface area contributed by atoms with Gasteiger partial charge in [0.1, 0.15) is 11.2 Å². The first-order chi connectivity index (χ1) is 26.8. The highest BCUT2D eigenvalue weighted by atomic mass is 16.3. The van der Waals surface area contributed by atoms with Gasteiger partial charge in [0.15, 0.2) is 0 Å². The summed E-state index contributed by atoms with van der Waals surface area (Å²) in [6, 6.07) is 72.2. The van der Waals surface area contributed by atoms with Crippen molar-refractivity contribution in [3.63, 3.8) is 0 Å². The van der Waals surface area contributed by atoms with Crippen LogP contribution in [0.5, 0.6) is 0 Å². The molecule has 0 N–H and O–H groups in total. The molecule has 11 rings (SSSR count). The Kier molecular flexibility index (Phi) is 6.90. The summed E-state index contributed by atoms with van der Waals surface area (Å²) in [7, 11) is 0. The number of nitrogens with zero attached hydrogens (tertiary/aromatic N) is 1. The minimum Gasteiger partial charge on any atom is -0.456 e. The Labute approximate surface area is 312 Å². The Morgan fingerprint density at radius 2 is 0.907 bits per heavy atom. The molecule has 2 nitrogen and oxygen atoms in total. The molecule has 0 bridgehead atoms. The first-order valence-electron chi connectivity index (χ1n) is 18.5. The van der Waals surface area contributed by atoms with Gasteiger partial charge in [0.2, 0.25) is 0 Å². The van der Waals surface area contributed by atoms with E-state index in [1.165, 1.54) is 54.4 Å². The van der Waals surface area contributed by atoms with E-state index in [0.29, 0.717) is 0 Å². The van der Waals surface area contributed by atoms with Crippen molar-refractivity contribution in [3.8, 4) is 22.3 Å². The molecule has 11 aromatic rings. The van der Waals surface area contributed by atoms with Gasteiger partial charge in [-0.1, -0.05) is 164 Å². The zero-order valence-electron chi connectivity index (χ0n) is 29.4. The van der Waals surface area contributed by atoms with E-state index in [9.17, 15) is 0 Å². The molecule has 54 heavy (non-hydrogen) atoms. The first kappa shape index (κ1) is 30.5. The third-order valence-electron chi connectivity index (χ3n) is 11.0. The summed E-state index contributed by atoms with van der Waals surface area (Å²) in [5.74, 6) is 0. The third kappa shape index (κ3) is 4.74. The van der Waals surface area contributed by atoms with Gasteiger partial charge in [0, 0.05) is 33.5 Å². The van der Waals surface area contributed by atoms with Crippen molar-refractivity contribution < 1.29 is 4.42 Å². The number of benzene rings is 10. The van der Waals surface area contributed by atoms with Crippen molar-refractivity contribution in [3.05, 3.63) is 200 Å². The Balaban J connectivity index is 1.15. The Morgan fingerprint density at radius 3 is 1.72 bits per heavy atom. The van der Waals surface area contributed by atoms with Crippen LogP contribution in [0.4, 0.5) is 17.1 Å². The van der Waals surface area contributed by atoms with Gasteiger partial charge in [-0.25, -0.2) is 0 Å². The summed E-state index contributed by atoms with van der Waals surface area (Å²) < 4.78 is 6.59. The number of anilines is 3. The quantitative estimate of drug-likeness (QED) is 0.168. The number of rotatable bonds is 5. The molecule has 0 aliphatic carbocycles. The van der Waals surface area contributed by atoms with Gasteiger partial charge < -0.3 is 9.32 Å². The predicted octanol–water partition coefficient (Wildman–Crippen LogP) is 15.0. The van der Waals surface area contributed by atoms with E-state index < -0.39 is 0 Å². The lowest BCUT2D eigenvalue weighted by atomic mass is 9.90. The van der Waals surface area contributed by atoms with Gasteiger partial charge in [-0.15, -0.1) is 0 Å². The highest BCUT2D eigenvalue weighted by Crippen LogP contribution is 2.47. The molecule has 0 amide bonds. The fourth-order valence-corrected chi connectivity index (χ4v) is 8.60. The van der Waals surface area contributed by atoms with Gasteiger partial charge >= 0.3 is 0 Å². The second-order valence-corrected chi connectivity index (χ2v) is 14.0. The van der Waals surface area contributed by atoms with Crippen molar-refractivity contribution in [2.24, 2.45) is 0 Å². The Bertz CT molecular complexity index is 3210. The van der Waals surface area contributed by atoms with Crippen LogP contribution in [0.25, 0.3) is 87.3 Å². The molecule has 0 fully saturated rings. The SMILES string of the molecule is c1ccc(-c2ccccc2N(c2ccc(-c3cc4ccc5ccccc5c4c4ccccc34)cc2)c2cc3oc4ccccc4c3c3ccccc23)cc1. The maximum atomic E-state index is 6.59.